The summed E-state index contributed by atoms with van der Waals surface area (Å²) in [7, 11) is 1.67. The lowest BCUT2D eigenvalue weighted by Gasteiger charge is -2.40. The highest BCUT2D eigenvalue weighted by molar-refractivity contribution is 5.91. The summed E-state index contributed by atoms with van der Waals surface area (Å²) in [6.45, 7) is 6.89. The van der Waals surface area contributed by atoms with Crippen molar-refractivity contribution in [2.24, 2.45) is 0 Å². The molecule has 4 rings (SSSR count). The van der Waals surface area contributed by atoms with Crippen LogP contribution in [0.4, 0.5) is 5.69 Å². The largest absolute Gasteiger partial charge is 0.497 e. The molecule has 2 aliphatic heterocycles. The zero-order valence-electron chi connectivity index (χ0n) is 15.7. The molecular formula is C22H24N2O2. The first kappa shape index (κ1) is 16.7. The van der Waals surface area contributed by atoms with Gasteiger partial charge in [-0.05, 0) is 42.3 Å². The van der Waals surface area contributed by atoms with E-state index in [1.165, 1.54) is 11.1 Å². The number of rotatable bonds is 3. The number of amides is 1. The van der Waals surface area contributed by atoms with Gasteiger partial charge in [0.2, 0.25) is 5.91 Å². The highest BCUT2D eigenvalue weighted by atomic mass is 16.5. The van der Waals surface area contributed by atoms with Crippen LogP contribution in [0.15, 0.2) is 48.5 Å². The van der Waals surface area contributed by atoms with E-state index < -0.39 is 5.66 Å². The number of nitrogens with zero attached hydrogens (tertiary/aromatic N) is 1. The van der Waals surface area contributed by atoms with Crippen LogP contribution in [0.1, 0.15) is 30.5 Å². The molecule has 4 heteroatoms. The van der Waals surface area contributed by atoms with Crippen LogP contribution < -0.4 is 15.0 Å². The highest BCUT2D eigenvalue weighted by Crippen LogP contribution is 2.53. The fourth-order valence-corrected chi connectivity index (χ4v) is 4.25. The summed E-state index contributed by atoms with van der Waals surface area (Å²) in [6, 6.07) is 14.4. The van der Waals surface area contributed by atoms with Gasteiger partial charge in [-0.2, -0.15) is 0 Å². The Labute approximate surface area is 154 Å². The Bertz CT molecular complexity index is 916. The maximum absolute atomic E-state index is 12.3. The van der Waals surface area contributed by atoms with Gasteiger partial charge in [0.15, 0.2) is 0 Å². The van der Waals surface area contributed by atoms with Crippen molar-refractivity contribution in [3.63, 3.8) is 0 Å². The van der Waals surface area contributed by atoms with E-state index in [0.29, 0.717) is 6.54 Å². The SMILES string of the molecule is COc1cccc(C=C[C@@]23NC(=O)CN2c2ccc(C)cc2C3(C)C)c1. The van der Waals surface area contributed by atoms with Crippen molar-refractivity contribution in [2.45, 2.75) is 31.8 Å². The van der Waals surface area contributed by atoms with Crippen molar-refractivity contribution in [2.75, 3.05) is 18.6 Å². The molecular weight excluding hydrogens is 324 g/mol. The summed E-state index contributed by atoms with van der Waals surface area (Å²) in [5.41, 5.74) is 3.86. The van der Waals surface area contributed by atoms with Gasteiger partial charge in [0, 0.05) is 11.1 Å². The van der Waals surface area contributed by atoms with Crippen molar-refractivity contribution in [3.05, 3.63) is 65.2 Å². The quantitative estimate of drug-likeness (QED) is 0.921. The minimum absolute atomic E-state index is 0.0552. The summed E-state index contributed by atoms with van der Waals surface area (Å²) in [4.78, 5) is 14.5. The molecule has 1 fully saturated rings. The summed E-state index contributed by atoms with van der Waals surface area (Å²) in [6.07, 6.45) is 4.20. The van der Waals surface area contributed by atoms with Gasteiger partial charge in [-0.1, -0.05) is 49.8 Å². The van der Waals surface area contributed by atoms with Crippen molar-refractivity contribution in [1.29, 1.82) is 0 Å². The van der Waals surface area contributed by atoms with Crippen LogP contribution in [0.2, 0.25) is 0 Å². The molecule has 0 aliphatic carbocycles. The Morgan fingerprint density at radius 1 is 1.19 bits per heavy atom. The zero-order chi connectivity index (χ0) is 18.5. The second-order valence-corrected chi connectivity index (χ2v) is 7.66. The third-order valence-electron chi connectivity index (χ3n) is 5.74. The average molecular weight is 348 g/mol. The molecule has 1 amide bonds. The molecule has 0 spiro atoms. The molecule has 2 aromatic carbocycles. The van der Waals surface area contributed by atoms with Crippen LogP contribution in [0.5, 0.6) is 5.75 Å². The predicted octanol–water partition coefficient (Wildman–Crippen LogP) is 3.64. The molecule has 1 atom stereocenters. The van der Waals surface area contributed by atoms with Gasteiger partial charge in [0.25, 0.3) is 0 Å². The van der Waals surface area contributed by atoms with Crippen LogP contribution >= 0.6 is 0 Å². The van der Waals surface area contributed by atoms with Crippen LogP contribution in [0.25, 0.3) is 6.08 Å². The molecule has 4 nitrogen and oxygen atoms in total. The van der Waals surface area contributed by atoms with E-state index in [-0.39, 0.29) is 11.3 Å². The lowest BCUT2D eigenvalue weighted by Crippen LogP contribution is -2.58. The number of carbonyl (C=O) groups excluding carboxylic acids is 1. The number of hydrogen-bond donors (Lipinski definition) is 1. The van der Waals surface area contributed by atoms with Gasteiger partial charge < -0.3 is 15.0 Å². The van der Waals surface area contributed by atoms with Gasteiger partial charge in [-0.15, -0.1) is 0 Å². The number of carbonyl (C=O) groups is 1. The molecule has 0 aromatic heterocycles. The fourth-order valence-electron chi connectivity index (χ4n) is 4.25. The number of fused-ring (bicyclic) bond motifs is 3. The molecule has 2 heterocycles. The lowest BCUT2D eigenvalue weighted by molar-refractivity contribution is -0.118. The van der Waals surface area contributed by atoms with Crippen LogP contribution in [0.3, 0.4) is 0 Å². The third-order valence-corrected chi connectivity index (χ3v) is 5.74. The topological polar surface area (TPSA) is 41.6 Å². The van der Waals surface area contributed by atoms with Crippen molar-refractivity contribution in [1.82, 2.24) is 5.32 Å². The fraction of sp³-hybridized carbons (Fsp3) is 0.318. The second kappa shape index (κ2) is 5.63. The highest BCUT2D eigenvalue weighted by Gasteiger charge is 2.59. The number of hydrogen-bond acceptors (Lipinski definition) is 3. The van der Waals surface area contributed by atoms with Gasteiger partial charge in [-0.3, -0.25) is 4.79 Å². The monoisotopic (exact) mass is 348 g/mol. The first-order valence-corrected chi connectivity index (χ1v) is 8.90. The average Bonchev–Trinajstić information content (AvgIpc) is 3.05. The number of nitrogens with one attached hydrogen (secondary N) is 1. The van der Waals surface area contributed by atoms with E-state index in [0.717, 1.165) is 17.0 Å². The van der Waals surface area contributed by atoms with Gasteiger partial charge in [0.1, 0.15) is 11.4 Å². The van der Waals surface area contributed by atoms with Gasteiger partial charge in [-0.25, -0.2) is 0 Å². The van der Waals surface area contributed by atoms with E-state index in [1.807, 2.05) is 24.3 Å². The molecule has 2 aromatic rings. The standard InChI is InChI=1S/C22H24N2O2/c1-15-8-9-19-18(12-15)21(2,3)22(23-20(25)14-24(19)22)11-10-16-6-5-7-17(13-16)26-4/h5-13H,14H2,1-4H3,(H,23,25)/t22-/m1/s1. The third kappa shape index (κ3) is 2.25. The first-order chi connectivity index (χ1) is 12.4. The molecule has 0 bridgehead atoms. The van der Waals surface area contributed by atoms with E-state index in [2.05, 4.69) is 61.3 Å². The summed E-state index contributed by atoms with van der Waals surface area (Å²) in [5, 5.41) is 3.25. The summed E-state index contributed by atoms with van der Waals surface area (Å²) >= 11 is 0. The Kier molecular flexibility index (Phi) is 3.62. The Morgan fingerprint density at radius 2 is 2.00 bits per heavy atom. The van der Waals surface area contributed by atoms with Crippen molar-refractivity contribution in [3.8, 4) is 5.75 Å². The minimum Gasteiger partial charge on any atom is -0.497 e. The Morgan fingerprint density at radius 3 is 2.77 bits per heavy atom. The Hall–Kier alpha value is -2.75. The molecule has 0 saturated carbocycles. The lowest BCUT2D eigenvalue weighted by atomic mass is 9.75. The number of aryl methyl sites for hydroxylation is 1. The van der Waals surface area contributed by atoms with Gasteiger partial charge >= 0.3 is 0 Å². The van der Waals surface area contributed by atoms with Crippen LogP contribution in [-0.2, 0) is 10.2 Å². The van der Waals surface area contributed by atoms with Crippen molar-refractivity contribution < 1.29 is 9.53 Å². The van der Waals surface area contributed by atoms with Crippen LogP contribution in [0, 0.1) is 6.92 Å². The smallest absolute Gasteiger partial charge is 0.241 e. The van der Waals surface area contributed by atoms with Crippen molar-refractivity contribution >= 4 is 17.7 Å². The molecule has 26 heavy (non-hydrogen) atoms. The number of anilines is 1. The molecule has 0 unspecified atom stereocenters. The van der Waals surface area contributed by atoms with E-state index in [4.69, 9.17) is 4.74 Å². The summed E-state index contributed by atoms with van der Waals surface area (Å²) in [5.74, 6) is 0.876. The minimum atomic E-state index is -0.566. The normalized spacial score (nSPS) is 23.1. The Balaban J connectivity index is 1.82. The molecule has 134 valence electrons. The number of ether oxygens (including phenoxy) is 1. The maximum Gasteiger partial charge on any atom is 0.241 e. The molecule has 0 radical (unpaired) electrons. The molecule has 2 aliphatic rings. The van der Waals surface area contributed by atoms with E-state index >= 15 is 0 Å². The first-order valence-electron chi connectivity index (χ1n) is 8.90. The second-order valence-electron chi connectivity index (χ2n) is 7.66. The number of benzene rings is 2. The van der Waals surface area contributed by atoms with E-state index in [1.54, 1.807) is 7.11 Å². The predicted molar refractivity (Wildman–Crippen MR) is 104 cm³/mol. The molecule has 1 saturated heterocycles. The number of methoxy groups -OCH3 is 1. The van der Waals surface area contributed by atoms with E-state index in [9.17, 15) is 4.79 Å². The summed E-state index contributed by atoms with van der Waals surface area (Å²) < 4.78 is 5.32. The van der Waals surface area contributed by atoms with Crippen LogP contribution in [-0.4, -0.2) is 25.2 Å². The molecule has 1 N–H and O–H groups in total. The van der Waals surface area contributed by atoms with Gasteiger partial charge in [0.05, 0.1) is 13.7 Å². The zero-order valence-corrected chi connectivity index (χ0v) is 15.7. The maximum atomic E-state index is 12.3.